The third-order valence-electron chi connectivity index (χ3n) is 2.85. The number of nitrogens with zero attached hydrogens (tertiary/aromatic N) is 1. The van der Waals surface area contributed by atoms with Gasteiger partial charge in [-0.1, -0.05) is 6.07 Å². The molecule has 1 unspecified atom stereocenters. The quantitative estimate of drug-likeness (QED) is 0.852. The van der Waals surface area contributed by atoms with E-state index in [9.17, 15) is 18.3 Å². The molecule has 0 bridgehead atoms. The maximum atomic E-state index is 12.2. The van der Waals surface area contributed by atoms with Crippen LogP contribution in [0, 0.1) is 6.92 Å². The molecule has 1 aromatic rings. The van der Waals surface area contributed by atoms with Gasteiger partial charge in [-0.3, -0.25) is 9.10 Å². The molecule has 0 saturated heterocycles. The predicted octanol–water partition coefficient (Wildman–Crippen LogP) is 1.33. The van der Waals surface area contributed by atoms with Crippen LogP contribution in [0.15, 0.2) is 18.2 Å². The summed E-state index contributed by atoms with van der Waals surface area (Å²) in [6, 6.07) is 4.33. The molecule has 0 spiro atoms. The van der Waals surface area contributed by atoms with Crippen LogP contribution in [0.2, 0.25) is 0 Å². The van der Waals surface area contributed by atoms with Crippen LogP contribution in [0.4, 0.5) is 5.69 Å². The molecule has 0 heterocycles. The van der Waals surface area contributed by atoms with Gasteiger partial charge >= 0.3 is 5.97 Å². The molecule has 0 aliphatic heterocycles. The number of aliphatic carboxylic acids is 1. The van der Waals surface area contributed by atoms with Crippen LogP contribution in [-0.2, 0) is 14.8 Å². The third kappa shape index (κ3) is 2.98. The minimum atomic E-state index is -4.02. The first kappa shape index (κ1) is 15.3. The van der Waals surface area contributed by atoms with E-state index in [0.717, 1.165) is 11.2 Å². The summed E-state index contributed by atoms with van der Waals surface area (Å²) in [6.45, 7) is 4.51. The highest BCUT2D eigenvalue weighted by molar-refractivity contribution is 7.94. The largest absolute Gasteiger partial charge is 0.508 e. The highest BCUT2D eigenvalue weighted by Gasteiger charge is 2.34. The average Bonchev–Trinajstić information content (AvgIpc) is 2.33. The molecule has 1 atom stereocenters. The fraction of sp³-hybridized carbons (Fsp3) is 0.417. The Balaban J connectivity index is 3.35. The monoisotopic (exact) mass is 287 g/mol. The van der Waals surface area contributed by atoms with E-state index in [1.807, 2.05) is 0 Å². The van der Waals surface area contributed by atoms with Gasteiger partial charge in [-0.2, -0.15) is 0 Å². The number of hydrogen-bond donors (Lipinski definition) is 2. The van der Waals surface area contributed by atoms with Gasteiger partial charge in [-0.05, 0) is 32.4 Å². The fourth-order valence-corrected chi connectivity index (χ4v) is 3.14. The molecule has 19 heavy (non-hydrogen) atoms. The maximum Gasteiger partial charge on any atom is 0.323 e. The van der Waals surface area contributed by atoms with Crippen LogP contribution in [0.1, 0.15) is 19.4 Å². The summed E-state index contributed by atoms with van der Waals surface area (Å²) < 4.78 is 25.5. The lowest BCUT2D eigenvalue weighted by Crippen LogP contribution is -2.41. The summed E-state index contributed by atoms with van der Waals surface area (Å²) >= 11 is 0. The highest BCUT2D eigenvalue weighted by atomic mass is 32.2. The van der Waals surface area contributed by atoms with E-state index >= 15 is 0 Å². The van der Waals surface area contributed by atoms with Gasteiger partial charge in [0.25, 0.3) is 0 Å². The zero-order valence-corrected chi connectivity index (χ0v) is 11.8. The Hall–Kier alpha value is -1.76. The SMILES string of the molecule is CCN(c1cc(O)ccc1C)S(=O)(=O)C(C)C(=O)O. The number of benzene rings is 1. The Bertz CT molecular complexity index is 582. The van der Waals surface area contributed by atoms with Crippen molar-refractivity contribution in [3.8, 4) is 5.75 Å². The van der Waals surface area contributed by atoms with Gasteiger partial charge in [-0.15, -0.1) is 0 Å². The van der Waals surface area contributed by atoms with E-state index in [0.29, 0.717) is 5.56 Å². The zero-order chi connectivity index (χ0) is 14.8. The molecule has 2 N–H and O–H groups in total. The molecule has 106 valence electrons. The number of anilines is 1. The number of rotatable bonds is 5. The van der Waals surface area contributed by atoms with Gasteiger partial charge in [0.2, 0.25) is 10.0 Å². The molecule has 0 fully saturated rings. The molecule has 0 radical (unpaired) electrons. The standard InChI is InChI=1S/C12H17NO5S/c1-4-13(19(17,18)9(3)12(15)16)11-7-10(14)6-5-8(11)2/h5-7,9,14H,4H2,1-3H3,(H,15,16). The number of sulfonamides is 1. The van der Waals surface area contributed by atoms with Crippen molar-refractivity contribution in [2.24, 2.45) is 0 Å². The van der Waals surface area contributed by atoms with Crippen molar-refractivity contribution in [3.05, 3.63) is 23.8 Å². The van der Waals surface area contributed by atoms with Gasteiger partial charge < -0.3 is 10.2 Å². The maximum absolute atomic E-state index is 12.2. The first-order chi connectivity index (χ1) is 8.71. The van der Waals surface area contributed by atoms with Crippen molar-refractivity contribution < 1.29 is 23.4 Å². The predicted molar refractivity (Wildman–Crippen MR) is 71.9 cm³/mol. The van der Waals surface area contributed by atoms with Crippen molar-refractivity contribution in [3.63, 3.8) is 0 Å². The average molecular weight is 287 g/mol. The number of aromatic hydroxyl groups is 1. The first-order valence-electron chi connectivity index (χ1n) is 5.75. The number of phenols is 1. The molecule has 0 saturated carbocycles. The Morgan fingerprint density at radius 1 is 1.42 bits per heavy atom. The molecule has 1 aromatic carbocycles. The van der Waals surface area contributed by atoms with E-state index in [1.54, 1.807) is 19.9 Å². The summed E-state index contributed by atoms with van der Waals surface area (Å²) in [7, 11) is -4.02. The second kappa shape index (κ2) is 5.48. The van der Waals surface area contributed by atoms with Gasteiger partial charge in [-0.25, -0.2) is 8.42 Å². The molecular weight excluding hydrogens is 270 g/mol. The van der Waals surface area contributed by atoms with Crippen molar-refractivity contribution in [1.82, 2.24) is 0 Å². The van der Waals surface area contributed by atoms with E-state index in [1.165, 1.54) is 12.1 Å². The van der Waals surface area contributed by atoms with E-state index in [-0.39, 0.29) is 18.0 Å². The normalized spacial score (nSPS) is 13.0. The molecule has 6 nitrogen and oxygen atoms in total. The van der Waals surface area contributed by atoms with Crippen LogP contribution in [0.3, 0.4) is 0 Å². The molecule has 7 heteroatoms. The number of carboxylic acids is 1. The van der Waals surface area contributed by atoms with Crippen LogP contribution < -0.4 is 4.31 Å². The molecular formula is C12H17NO5S. The first-order valence-corrected chi connectivity index (χ1v) is 7.26. The van der Waals surface area contributed by atoms with Crippen molar-refractivity contribution in [2.75, 3.05) is 10.8 Å². The Morgan fingerprint density at radius 2 is 2.00 bits per heavy atom. The van der Waals surface area contributed by atoms with Crippen LogP contribution in [0.5, 0.6) is 5.75 Å². The van der Waals surface area contributed by atoms with Gasteiger partial charge in [0, 0.05) is 12.6 Å². The lowest BCUT2D eigenvalue weighted by atomic mass is 10.2. The second-order valence-electron chi connectivity index (χ2n) is 4.16. The number of carboxylic acid groups (broad SMARTS) is 1. The minimum Gasteiger partial charge on any atom is -0.508 e. The van der Waals surface area contributed by atoms with Crippen molar-refractivity contribution in [1.29, 1.82) is 0 Å². The number of phenolic OH excluding ortho intramolecular Hbond substituents is 1. The summed E-state index contributed by atoms with van der Waals surface area (Å²) in [5.41, 5.74) is 0.927. The van der Waals surface area contributed by atoms with Crippen LogP contribution in [-0.4, -0.2) is 36.4 Å². The molecule has 1 rings (SSSR count). The second-order valence-corrected chi connectivity index (χ2v) is 6.34. The molecule has 0 amide bonds. The van der Waals surface area contributed by atoms with E-state index in [4.69, 9.17) is 5.11 Å². The Kier molecular flexibility index (Phi) is 4.41. The van der Waals surface area contributed by atoms with Gasteiger partial charge in [0.15, 0.2) is 5.25 Å². The molecule has 0 aromatic heterocycles. The molecule has 0 aliphatic rings. The van der Waals surface area contributed by atoms with E-state index in [2.05, 4.69) is 0 Å². The van der Waals surface area contributed by atoms with Crippen LogP contribution >= 0.6 is 0 Å². The van der Waals surface area contributed by atoms with Crippen molar-refractivity contribution in [2.45, 2.75) is 26.0 Å². The number of hydrogen-bond acceptors (Lipinski definition) is 4. The molecule has 0 aliphatic carbocycles. The summed E-state index contributed by atoms with van der Waals surface area (Å²) in [6.07, 6.45) is 0. The third-order valence-corrected chi connectivity index (χ3v) is 5.01. The highest BCUT2D eigenvalue weighted by Crippen LogP contribution is 2.28. The van der Waals surface area contributed by atoms with Gasteiger partial charge in [0.1, 0.15) is 5.75 Å². The minimum absolute atomic E-state index is 0.0720. The Labute approximate surface area is 112 Å². The number of aryl methyl sites for hydroxylation is 1. The lowest BCUT2D eigenvalue weighted by molar-refractivity contribution is -0.136. The smallest absolute Gasteiger partial charge is 0.323 e. The Morgan fingerprint density at radius 3 is 2.47 bits per heavy atom. The van der Waals surface area contributed by atoms with Gasteiger partial charge in [0.05, 0.1) is 5.69 Å². The summed E-state index contributed by atoms with van der Waals surface area (Å²) in [4.78, 5) is 10.9. The number of carbonyl (C=O) groups is 1. The zero-order valence-electron chi connectivity index (χ0n) is 11.0. The summed E-state index contributed by atoms with van der Waals surface area (Å²) in [5, 5.41) is 16.8. The van der Waals surface area contributed by atoms with Crippen LogP contribution in [0.25, 0.3) is 0 Å². The topological polar surface area (TPSA) is 94.9 Å². The van der Waals surface area contributed by atoms with Crippen molar-refractivity contribution >= 4 is 21.7 Å². The van der Waals surface area contributed by atoms with E-state index < -0.39 is 21.2 Å². The lowest BCUT2D eigenvalue weighted by Gasteiger charge is -2.26. The summed E-state index contributed by atoms with van der Waals surface area (Å²) in [5.74, 6) is -1.48. The fourth-order valence-electron chi connectivity index (χ4n) is 1.67.